The number of phenolic OH excluding ortho intramolecular Hbond substituents is 1. The first-order chi connectivity index (χ1) is 27.7. The second kappa shape index (κ2) is 22.0. The van der Waals surface area contributed by atoms with E-state index in [0.717, 1.165) is 21.6 Å². The topological polar surface area (TPSA) is 323 Å². The Labute approximate surface area is 350 Å². The van der Waals surface area contributed by atoms with Gasteiger partial charge in [-0.1, -0.05) is 64.1 Å². The molecule has 0 bridgehead atoms. The molecule has 1 aliphatic heterocycles. The van der Waals surface area contributed by atoms with Gasteiger partial charge in [0.25, 0.3) is 0 Å². The summed E-state index contributed by atoms with van der Waals surface area (Å²) in [7, 11) is 2.24. The van der Waals surface area contributed by atoms with Crippen molar-refractivity contribution in [3.63, 3.8) is 0 Å². The zero-order chi connectivity index (χ0) is 43.9. The van der Waals surface area contributed by atoms with Gasteiger partial charge in [0.1, 0.15) is 36.5 Å². The van der Waals surface area contributed by atoms with Gasteiger partial charge in [-0.05, 0) is 70.2 Å². The van der Waals surface area contributed by atoms with Crippen LogP contribution in [-0.2, 0) is 46.4 Å². The van der Waals surface area contributed by atoms with Gasteiger partial charge in [0.2, 0.25) is 35.4 Å². The molecule has 59 heavy (non-hydrogen) atoms. The second-order valence-corrected chi connectivity index (χ2v) is 18.3. The van der Waals surface area contributed by atoms with Gasteiger partial charge in [0.05, 0.1) is 12.6 Å². The van der Waals surface area contributed by atoms with E-state index in [9.17, 15) is 38.7 Å². The zero-order valence-electron chi connectivity index (χ0n) is 33.3. The molecule has 1 saturated heterocycles. The van der Waals surface area contributed by atoms with Crippen LogP contribution in [0.2, 0.25) is 0 Å². The number of carbonyl (C=O) groups is 7. The van der Waals surface area contributed by atoms with Crippen molar-refractivity contribution in [1.82, 2.24) is 31.9 Å². The number of benzene rings is 2. The molecule has 19 nitrogen and oxygen atoms in total. The predicted octanol–water partition coefficient (Wildman–Crippen LogP) is -1.23. The van der Waals surface area contributed by atoms with E-state index in [1.807, 2.05) is 0 Å². The lowest BCUT2D eigenvalue weighted by Gasteiger charge is -2.39. The Bertz CT molecular complexity index is 1840. The molecular formula is C38H54N10O9S2. The number of phenols is 1. The van der Waals surface area contributed by atoms with Crippen LogP contribution in [-0.4, -0.2) is 117 Å². The number of nitrogens with two attached hydrogens (primary N) is 3. The Morgan fingerprint density at radius 1 is 0.898 bits per heavy atom. The van der Waals surface area contributed by atoms with Crippen molar-refractivity contribution in [2.75, 3.05) is 19.6 Å². The van der Waals surface area contributed by atoms with Crippen molar-refractivity contribution < 1.29 is 43.8 Å². The van der Waals surface area contributed by atoms with Crippen LogP contribution in [0.4, 0.5) is 0 Å². The summed E-state index contributed by atoms with van der Waals surface area (Å²) < 4.78 is -2.40. The molecule has 14 N–H and O–H groups in total. The van der Waals surface area contributed by atoms with Gasteiger partial charge >= 0.3 is 5.97 Å². The molecule has 0 radical (unpaired) electrons. The number of aromatic hydroxyl groups is 1. The molecule has 0 spiro atoms. The third-order valence-electron chi connectivity index (χ3n) is 9.04. The highest BCUT2D eigenvalue weighted by Gasteiger charge is 2.45. The summed E-state index contributed by atoms with van der Waals surface area (Å²) in [5, 5.41) is 34.4. The third-order valence-corrected chi connectivity index (χ3v) is 13.3. The molecule has 6 amide bonds. The van der Waals surface area contributed by atoms with E-state index in [-0.39, 0.29) is 43.9 Å². The molecular weight excluding hydrogens is 805 g/mol. The van der Waals surface area contributed by atoms with Crippen molar-refractivity contribution in [3.05, 3.63) is 65.7 Å². The summed E-state index contributed by atoms with van der Waals surface area (Å²) in [5.74, 6) is -5.93. The van der Waals surface area contributed by atoms with Crippen molar-refractivity contribution in [2.45, 2.75) is 93.1 Å². The maximum Gasteiger partial charge on any atom is 0.322 e. The van der Waals surface area contributed by atoms with Gasteiger partial charge in [-0.3, -0.25) is 38.6 Å². The van der Waals surface area contributed by atoms with Gasteiger partial charge < -0.3 is 59.3 Å². The molecule has 1 fully saturated rings. The molecule has 21 heteroatoms. The normalized spacial score (nSPS) is 20.5. The van der Waals surface area contributed by atoms with Crippen LogP contribution in [0.5, 0.6) is 5.75 Å². The van der Waals surface area contributed by atoms with Crippen molar-refractivity contribution in [2.24, 2.45) is 22.2 Å². The highest BCUT2D eigenvalue weighted by molar-refractivity contribution is 8.77. The van der Waals surface area contributed by atoms with Crippen LogP contribution in [0.15, 0.2) is 59.6 Å². The Kier molecular flexibility index (Phi) is 17.8. The molecule has 0 aliphatic carbocycles. The summed E-state index contributed by atoms with van der Waals surface area (Å²) in [4.78, 5) is 97.5. The number of carboxylic acid groups (broad SMARTS) is 1. The first-order valence-corrected chi connectivity index (χ1v) is 20.8. The average Bonchev–Trinajstić information content (AvgIpc) is 3.17. The lowest BCUT2D eigenvalue weighted by atomic mass is 9.99. The molecule has 2 aromatic rings. The minimum absolute atomic E-state index is 0.00133. The third kappa shape index (κ3) is 15.6. The Balaban J connectivity index is 2.01. The van der Waals surface area contributed by atoms with Crippen LogP contribution >= 0.6 is 21.6 Å². The van der Waals surface area contributed by atoms with E-state index in [4.69, 9.17) is 22.3 Å². The van der Waals surface area contributed by atoms with Gasteiger partial charge in [-0.25, -0.2) is 0 Å². The number of aliphatic carboxylic acids is 1. The number of aliphatic imine (C=N–C) groups is 1. The standard InChI is InChI=1S/C38H54N10O9S2/c1-37(2)29(47-31(53)24(39)17-22-12-14-23(49)15-13-22)34(56)43-19-27(50)45-26(18-21-9-6-5-7-10-21)33(55)48-30(38(3,4)59-58-37)35(57)46-25(11-8-16-42-36(40)41)32(54)44-20-28(51)52/h5-7,9-10,12-15,24-26,29-30,49H,8,11,16-20,39H2,1-4H3,(H,43,56)(H,44,54)(H,45,50)(H,46,57)(H,47,53)(H,48,55)(H,51,52)(H4,40,41,42)/t24-,25-,26-,29+,30+/m0/s1. The fraction of sp³-hybridized carbons (Fsp3) is 0.474. The number of nitrogens with one attached hydrogen (secondary N) is 6. The van der Waals surface area contributed by atoms with Crippen LogP contribution in [0.1, 0.15) is 51.7 Å². The molecule has 3 rings (SSSR count). The van der Waals surface area contributed by atoms with E-state index >= 15 is 0 Å². The maximum atomic E-state index is 14.3. The fourth-order valence-corrected chi connectivity index (χ4v) is 8.60. The molecule has 5 atom stereocenters. The number of amides is 6. The molecule has 0 unspecified atom stereocenters. The molecule has 1 aliphatic rings. The Morgan fingerprint density at radius 3 is 2.17 bits per heavy atom. The number of hydrogen-bond acceptors (Lipinski definition) is 12. The van der Waals surface area contributed by atoms with Crippen LogP contribution < -0.4 is 49.1 Å². The zero-order valence-corrected chi connectivity index (χ0v) is 34.9. The van der Waals surface area contributed by atoms with Gasteiger partial charge in [-0.15, -0.1) is 0 Å². The fourth-order valence-electron chi connectivity index (χ4n) is 5.78. The largest absolute Gasteiger partial charge is 0.508 e. The molecule has 322 valence electrons. The molecule has 2 aromatic carbocycles. The minimum Gasteiger partial charge on any atom is -0.508 e. The monoisotopic (exact) mass is 858 g/mol. The number of rotatable bonds is 15. The predicted molar refractivity (Wildman–Crippen MR) is 225 cm³/mol. The van der Waals surface area contributed by atoms with E-state index in [2.05, 4.69) is 36.9 Å². The second-order valence-electron chi connectivity index (χ2n) is 14.9. The van der Waals surface area contributed by atoms with Crippen LogP contribution in [0.3, 0.4) is 0 Å². The first-order valence-electron chi connectivity index (χ1n) is 18.7. The Morgan fingerprint density at radius 2 is 1.54 bits per heavy atom. The molecule has 0 aromatic heterocycles. The molecule has 0 saturated carbocycles. The minimum atomic E-state index is -1.41. The lowest BCUT2D eigenvalue weighted by molar-refractivity contribution is -0.138. The summed E-state index contributed by atoms with van der Waals surface area (Å²) in [6.45, 7) is 5.46. The summed E-state index contributed by atoms with van der Waals surface area (Å²) in [5.41, 5.74) is 18.4. The van der Waals surface area contributed by atoms with E-state index < -0.39 is 94.2 Å². The van der Waals surface area contributed by atoms with E-state index in [1.54, 1.807) is 70.2 Å². The highest BCUT2D eigenvalue weighted by Crippen LogP contribution is 2.46. The number of hydrogen-bond donors (Lipinski definition) is 11. The quantitative estimate of drug-likeness (QED) is 0.0433. The number of carboxylic acids is 1. The van der Waals surface area contributed by atoms with Crippen LogP contribution in [0, 0.1) is 0 Å². The highest BCUT2D eigenvalue weighted by atomic mass is 33.1. The summed E-state index contributed by atoms with van der Waals surface area (Å²) >= 11 is 0. The van der Waals surface area contributed by atoms with Crippen LogP contribution in [0.25, 0.3) is 0 Å². The molecule has 1 heterocycles. The van der Waals surface area contributed by atoms with E-state index in [0.29, 0.717) is 11.1 Å². The number of carbonyl (C=O) groups excluding carboxylic acids is 6. The average molecular weight is 859 g/mol. The van der Waals surface area contributed by atoms with Crippen molar-refractivity contribution >= 4 is 69.0 Å². The number of guanidine groups is 1. The van der Waals surface area contributed by atoms with Gasteiger partial charge in [0.15, 0.2) is 5.96 Å². The smallest absolute Gasteiger partial charge is 0.322 e. The van der Waals surface area contributed by atoms with E-state index in [1.165, 1.54) is 12.1 Å². The van der Waals surface area contributed by atoms with Crippen molar-refractivity contribution in [3.8, 4) is 5.75 Å². The Hall–Kier alpha value is -5.54. The van der Waals surface area contributed by atoms with Gasteiger partial charge in [0, 0.05) is 22.5 Å². The first kappa shape index (κ1) is 47.8. The SMILES string of the molecule is CC1(C)SSC(C)(C)[C@H](NC(=O)[C@@H](N)Cc2ccc(O)cc2)C(=O)NCC(=O)N[C@@H](Cc2ccccc2)C(=O)N[C@@H]1C(=O)N[C@@H](CCCN=C(N)N)C(=O)NCC(=O)O. The maximum absolute atomic E-state index is 14.3. The lowest BCUT2D eigenvalue weighted by Crippen LogP contribution is -2.63. The summed E-state index contributed by atoms with van der Waals surface area (Å²) in [6.07, 6.45) is 0.281. The summed E-state index contributed by atoms with van der Waals surface area (Å²) in [6, 6.07) is 8.61. The van der Waals surface area contributed by atoms with Crippen molar-refractivity contribution in [1.29, 1.82) is 0 Å². The van der Waals surface area contributed by atoms with Gasteiger partial charge in [-0.2, -0.15) is 0 Å². The number of nitrogens with zero attached hydrogens (tertiary/aromatic N) is 1.